The molecule has 4 heteroatoms. The zero-order valence-corrected chi connectivity index (χ0v) is 11.3. The van der Waals surface area contributed by atoms with Gasteiger partial charge in [-0.05, 0) is 34.5 Å². The van der Waals surface area contributed by atoms with Crippen molar-refractivity contribution in [3.63, 3.8) is 0 Å². The van der Waals surface area contributed by atoms with Crippen molar-refractivity contribution in [2.24, 2.45) is 0 Å². The topological polar surface area (TPSA) is 50.4 Å². The summed E-state index contributed by atoms with van der Waals surface area (Å²) in [6.07, 6.45) is 5.07. The van der Waals surface area contributed by atoms with E-state index >= 15 is 0 Å². The van der Waals surface area contributed by atoms with E-state index in [2.05, 4.69) is 16.6 Å². The Balaban J connectivity index is 2.05. The summed E-state index contributed by atoms with van der Waals surface area (Å²) in [6, 6.07) is 11.6. The third-order valence-electron chi connectivity index (χ3n) is 2.92. The lowest BCUT2D eigenvalue weighted by Gasteiger charge is -2.07. The predicted molar refractivity (Wildman–Crippen MR) is 79.6 cm³/mol. The Kier molecular flexibility index (Phi) is 4.46. The van der Waals surface area contributed by atoms with Crippen LogP contribution in [0.4, 0.5) is 4.79 Å². The number of carbonyl (C=O) groups is 1. The average molecular weight is 268 g/mol. The van der Waals surface area contributed by atoms with Crippen LogP contribution in [0.3, 0.4) is 0 Å². The minimum atomic E-state index is -0.266. The number of terminal acetylenes is 1. The first-order valence-electron chi connectivity index (χ1n) is 6.25. The van der Waals surface area contributed by atoms with Crippen molar-refractivity contribution in [1.29, 1.82) is 0 Å². The van der Waals surface area contributed by atoms with Crippen LogP contribution in [0.2, 0.25) is 0 Å². The summed E-state index contributed by atoms with van der Waals surface area (Å²) in [7, 11) is 1.65. The van der Waals surface area contributed by atoms with E-state index in [0.29, 0.717) is 6.54 Å². The van der Waals surface area contributed by atoms with Crippen molar-refractivity contribution in [1.82, 2.24) is 10.6 Å². The average Bonchev–Trinajstić information content (AvgIpc) is 2.50. The first-order valence-corrected chi connectivity index (χ1v) is 6.25. The van der Waals surface area contributed by atoms with Crippen molar-refractivity contribution < 1.29 is 9.53 Å². The van der Waals surface area contributed by atoms with Gasteiger partial charge in [-0.1, -0.05) is 24.1 Å². The van der Waals surface area contributed by atoms with Crippen molar-refractivity contribution >= 4 is 16.8 Å². The lowest BCUT2D eigenvalue weighted by molar-refractivity contribution is 0.241. The van der Waals surface area contributed by atoms with Crippen molar-refractivity contribution in [2.75, 3.05) is 13.7 Å². The normalized spacial score (nSPS) is 9.80. The Bertz CT molecular complexity index is 659. The second kappa shape index (κ2) is 6.48. The zero-order chi connectivity index (χ0) is 14.4. The smallest absolute Gasteiger partial charge is 0.315 e. The Labute approximate surface area is 118 Å². The Hall–Kier alpha value is -2.67. The highest BCUT2D eigenvalue weighted by Gasteiger charge is 2.01. The Morgan fingerprint density at radius 1 is 1.20 bits per heavy atom. The molecule has 0 radical (unpaired) electrons. The molecule has 0 aliphatic rings. The second-order valence-corrected chi connectivity index (χ2v) is 4.29. The van der Waals surface area contributed by atoms with Crippen LogP contribution in [0, 0.1) is 12.3 Å². The lowest BCUT2D eigenvalue weighted by atomic mass is 10.1. The molecule has 0 aliphatic carbocycles. The zero-order valence-electron chi connectivity index (χ0n) is 11.3. The Morgan fingerprint density at radius 3 is 2.70 bits per heavy atom. The molecule has 2 aromatic carbocycles. The summed E-state index contributed by atoms with van der Waals surface area (Å²) < 4.78 is 5.19. The van der Waals surface area contributed by atoms with Gasteiger partial charge in [0.2, 0.25) is 0 Å². The van der Waals surface area contributed by atoms with Gasteiger partial charge < -0.3 is 15.4 Å². The molecule has 2 N–H and O–H groups in total. The van der Waals surface area contributed by atoms with Gasteiger partial charge in [0.1, 0.15) is 5.75 Å². The molecular formula is C16H16N2O2. The molecule has 0 atom stereocenters. The number of methoxy groups -OCH3 is 1. The molecule has 0 fully saturated rings. The number of hydrogen-bond donors (Lipinski definition) is 2. The number of hydrogen-bond acceptors (Lipinski definition) is 2. The van der Waals surface area contributed by atoms with Crippen LogP contribution >= 0.6 is 0 Å². The first kappa shape index (κ1) is 13.8. The molecule has 102 valence electrons. The van der Waals surface area contributed by atoms with Gasteiger partial charge >= 0.3 is 6.03 Å². The van der Waals surface area contributed by atoms with Crippen LogP contribution in [0.25, 0.3) is 10.8 Å². The molecule has 0 spiro atoms. The molecule has 0 unspecified atom stereocenters. The van der Waals surface area contributed by atoms with Gasteiger partial charge in [-0.15, -0.1) is 6.42 Å². The van der Waals surface area contributed by atoms with Crippen molar-refractivity contribution in [2.45, 2.75) is 6.54 Å². The minimum absolute atomic E-state index is 0.226. The highest BCUT2D eigenvalue weighted by Crippen LogP contribution is 2.21. The molecule has 20 heavy (non-hydrogen) atoms. The molecule has 4 nitrogen and oxygen atoms in total. The van der Waals surface area contributed by atoms with Gasteiger partial charge in [0, 0.05) is 6.54 Å². The van der Waals surface area contributed by atoms with Crippen LogP contribution in [-0.4, -0.2) is 19.7 Å². The van der Waals surface area contributed by atoms with Crippen molar-refractivity contribution in [3.05, 3.63) is 42.0 Å². The van der Waals surface area contributed by atoms with Gasteiger partial charge in [0.25, 0.3) is 0 Å². The van der Waals surface area contributed by atoms with E-state index in [1.165, 1.54) is 0 Å². The van der Waals surface area contributed by atoms with E-state index in [1.54, 1.807) is 7.11 Å². The van der Waals surface area contributed by atoms with Crippen LogP contribution in [0.1, 0.15) is 5.56 Å². The summed E-state index contributed by atoms with van der Waals surface area (Å²) >= 11 is 0. The fraction of sp³-hybridized carbons (Fsp3) is 0.188. The summed E-state index contributed by atoms with van der Waals surface area (Å²) in [6.45, 7) is 0.682. The molecular weight excluding hydrogens is 252 g/mol. The quantitative estimate of drug-likeness (QED) is 0.836. The molecule has 0 heterocycles. The van der Waals surface area contributed by atoms with Crippen LogP contribution < -0.4 is 15.4 Å². The third kappa shape index (κ3) is 3.42. The molecule has 0 aromatic heterocycles. The van der Waals surface area contributed by atoms with E-state index in [9.17, 15) is 4.79 Å². The SMILES string of the molecule is C#CCNC(=O)NCc1ccc2cc(OC)ccc2c1. The molecule has 0 saturated carbocycles. The number of rotatable bonds is 4. The number of carbonyl (C=O) groups excluding carboxylic acids is 1. The maximum Gasteiger partial charge on any atom is 0.315 e. The Morgan fingerprint density at radius 2 is 1.95 bits per heavy atom. The van der Waals surface area contributed by atoms with E-state index < -0.39 is 0 Å². The maximum atomic E-state index is 11.4. The van der Waals surface area contributed by atoms with Crippen LogP contribution in [0.5, 0.6) is 5.75 Å². The van der Waals surface area contributed by atoms with Gasteiger partial charge in [0.15, 0.2) is 0 Å². The fourth-order valence-electron chi connectivity index (χ4n) is 1.89. The third-order valence-corrected chi connectivity index (χ3v) is 2.92. The molecule has 0 aliphatic heterocycles. The minimum Gasteiger partial charge on any atom is -0.497 e. The standard InChI is InChI=1S/C16H16N2O2/c1-3-8-17-16(19)18-11-12-4-5-14-10-15(20-2)7-6-13(14)9-12/h1,4-7,9-10H,8,11H2,2H3,(H2,17,18,19). The molecule has 2 aromatic rings. The highest BCUT2D eigenvalue weighted by molar-refractivity contribution is 5.84. The molecule has 2 amide bonds. The summed E-state index contributed by atoms with van der Waals surface area (Å²) in [5.74, 6) is 3.18. The van der Waals surface area contributed by atoms with Gasteiger partial charge in [-0.3, -0.25) is 0 Å². The number of benzene rings is 2. The highest BCUT2D eigenvalue weighted by atomic mass is 16.5. The number of amides is 2. The van der Waals surface area contributed by atoms with E-state index in [0.717, 1.165) is 22.1 Å². The number of fused-ring (bicyclic) bond motifs is 1. The number of ether oxygens (including phenoxy) is 1. The first-order chi connectivity index (χ1) is 9.72. The maximum absolute atomic E-state index is 11.4. The summed E-state index contributed by atoms with van der Waals surface area (Å²) in [4.78, 5) is 11.4. The van der Waals surface area contributed by atoms with Gasteiger partial charge in [0.05, 0.1) is 13.7 Å². The summed E-state index contributed by atoms with van der Waals surface area (Å²) in [5.41, 5.74) is 1.03. The van der Waals surface area contributed by atoms with Crippen LogP contribution in [-0.2, 0) is 6.54 Å². The molecule has 2 rings (SSSR count). The van der Waals surface area contributed by atoms with Gasteiger partial charge in [-0.25, -0.2) is 4.79 Å². The number of nitrogens with one attached hydrogen (secondary N) is 2. The molecule has 0 bridgehead atoms. The van der Waals surface area contributed by atoms with Crippen molar-refractivity contribution in [3.8, 4) is 18.1 Å². The predicted octanol–water partition coefficient (Wildman–Crippen LogP) is 2.28. The second-order valence-electron chi connectivity index (χ2n) is 4.29. The van der Waals surface area contributed by atoms with E-state index in [-0.39, 0.29) is 12.6 Å². The van der Waals surface area contributed by atoms with E-state index in [1.807, 2.05) is 36.4 Å². The largest absolute Gasteiger partial charge is 0.497 e. The number of urea groups is 1. The lowest BCUT2D eigenvalue weighted by Crippen LogP contribution is -2.35. The van der Waals surface area contributed by atoms with Crippen LogP contribution in [0.15, 0.2) is 36.4 Å². The fourth-order valence-corrected chi connectivity index (χ4v) is 1.89. The van der Waals surface area contributed by atoms with Gasteiger partial charge in [-0.2, -0.15) is 0 Å². The monoisotopic (exact) mass is 268 g/mol. The summed E-state index contributed by atoms with van der Waals surface area (Å²) in [5, 5.41) is 7.51. The van der Waals surface area contributed by atoms with E-state index in [4.69, 9.17) is 11.2 Å². The molecule has 0 saturated heterocycles.